The van der Waals surface area contributed by atoms with E-state index in [0.717, 1.165) is 24.5 Å². The average molecular weight is 179 g/mol. The smallest absolute Gasteiger partial charge is 0.194 e. The number of hydrogen-bond acceptors (Lipinski definition) is 3. The minimum absolute atomic E-state index is 1.02. The SMILES string of the molecule is c1cn2c3c(sc2n1)CNCC3. The molecule has 0 atom stereocenters. The third-order valence-corrected chi connectivity index (χ3v) is 3.37. The first-order valence-electron chi connectivity index (χ1n) is 4.09. The van der Waals surface area contributed by atoms with Gasteiger partial charge in [0.25, 0.3) is 0 Å². The van der Waals surface area contributed by atoms with Crippen molar-refractivity contribution in [2.24, 2.45) is 0 Å². The Morgan fingerprint density at radius 3 is 3.58 bits per heavy atom. The molecule has 0 radical (unpaired) electrons. The number of fused-ring (bicyclic) bond motifs is 3. The zero-order valence-corrected chi connectivity index (χ0v) is 7.40. The molecule has 2 aromatic rings. The van der Waals surface area contributed by atoms with Crippen molar-refractivity contribution in [3.8, 4) is 0 Å². The molecule has 3 rings (SSSR count). The summed E-state index contributed by atoms with van der Waals surface area (Å²) in [4.78, 5) is 6.85. The fraction of sp³-hybridized carbons (Fsp3) is 0.375. The van der Waals surface area contributed by atoms with Gasteiger partial charge >= 0.3 is 0 Å². The van der Waals surface area contributed by atoms with Crippen LogP contribution in [0.3, 0.4) is 0 Å². The average Bonchev–Trinajstić information content (AvgIpc) is 2.62. The molecule has 0 saturated heterocycles. The number of aromatic nitrogens is 2. The Kier molecular flexibility index (Phi) is 1.27. The molecule has 1 aliphatic heterocycles. The lowest BCUT2D eigenvalue weighted by molar-refractivity contribution is 0.638. The van der Waals surface area contributed by atoms with Crippen molar-refractivity contribution in [1.29, 1.82) is 0 Å². The Labute approximate surface area is 74.0 Å². The van der Waals surface area contributed by atoms with Gasteiger partial charge in [0.2, 0.25) is 0 Å². The van der Waals surface area contributed by atoms with E-state index in [1.54, 1.807) is 11.3 Å². The summed E-state index contributed by atoms with van der Waals surface area (Å²) in [7, 11) is 0. The zero-order chi connectivity index (χ0) is 7.97. The second-order valence-electron chi connectivity index (χ2n) is 2.98. The predicted molar refractivity (Wildman–Crippen MR) is 48.5 cm³/mol. The Balaban J connectivity index is 2.34. The topological polar surface area (TPSA) is 29.3 Å². The summed E-state index contributed by atoms with van der Waals surface area (Å²) < 4.78 is 2.21. The highest BCUT2D eigenvalue weighted by atomic mass is 32.1. The number of rotatable bonds is 0. The second kappa shape index (κ2) is 2.31. The Morgan fingerprint density at radius 1 is 1.58 bits per heavy atom. The summed E-state index contributed by atoms with van der Waals surface area (Å²) in [6.07, 6.45) is 5.05. The highest BCUT2D eigenvalue weighted by Crippen LogP contribution is 2.24. The van der Waals surface area contributed by atoms with Crippen molar-refractivity contribution < 1.29 is 0 Å². The lowest BCUT2D eigenvalue weighted by Gasteiger charge is -2.11. The summed E-state index contributed by atoms with van der Waals surface area (Å²) in [6.45, 7) is 2.11. The first-order chi connectivity index (χ1) is 5.95. The molecule has 4 heteroatoms. The van der Waals surface area contributed by atoms with E-state index in [9.17, 15) is 0 Å². The highest BCUT2D eigenvalue weighted by Gasteiger charge is 2.15. The molecular formula is C8H9N3S. The van der Waals surface area contributed by atoms with Gasteiger partial charge in [-0.1, -0.05) is 11.3 Å². The van der Waals surface area contributed by atoms with E-state index in [1.165, 1.54) is 10.6 Å². The predicted octanol–water partition coefficient (Wildman–Crippen LogP) is 1.04. The third-order valence-electron chi connectivity index (χ3n) is 2.26. The molecule has 62 valence electrons. The number of imidazole rings is 1. The molecule has 0 unspecified atom stereocenters. The monoisotopic (exact) mass is 179 g/mol. The molecule has 0 aliphatic carbocycles. The van der Waals surface area contributed by atoms with E-state index in [0.29, 0.717) is 0 Å². The van der Waals surface area contributed by atoms with Crippen molar-refractivity contribution in [3.63, 3.8) is 0 Å². The molecule has 0 aromatic carbocycles. The van der Waals surface area contributed by atoms with Gasteiger partial charge < -0.3 is 5.32 Å². The number of nitrogens with zero attached hydrogens (tertiary/aromatic N) is 2. The van der Waals surface area contributed by atoms with Crippen LogP contribution in [0.5, 0.6) is 0 Å². The molecule has 2 aromatic heterocycles. The molecule has 0 saturated carbocycles. The lowest BCUT2D eigenvalue weighted by atomic mass is 10.2. The van der Waals surface area contributed by atoms with Gasteiger partial charge in [0.05, 0.1) is 0 Å². The van der Waals surface area contributed by atoms with E-state index in [2.05, 4.69) is 20.9 Å². The van der Waals surface area contributed by atoms with Gasteiger partial charge in [-0.15, -0.1) is 0 Å². The molecule has 1 N–H and O–H groups in total. The maximum atomic E-state index is 4.28. The lowest BCUT2D eigenvalue weighted by Crippen LogP contribution is -2.23. The fourth-order valence-electron chi connectivity index (χ4n) is 1.68. The first-order valence-corrected chi connectivity index (χ1v) is 4.91. The minimum atomic E-state index is 1.02. The van der Waals surface area contributed by atoms with E-state index in [1.807, 2.05) is 6.20 Å². The van der Waals surface area contributed by atoms with Gasteiger partial charge in [0, 0.05) is 42.5 Å². The standard InChI is InChI=1S/C8H9N3S/c1-2-9-5-7-6(1)11-4-3-10-8(11)12-7/h3-4,9H,1-2,5H2. The van der Waals surface area contributed by atoms with Gasteiger partial charge in [-0.05, 0) is 0 Å². The molecular weight excluding hydrogens is 170 g/mol. The van der Waals surface area contributed by atoms with Crippen LogP contribution in [0.2, 0.25) is 0 Å². The number of thiazole rings is 1. The van der Waals surface area contributed by atoms with E-state index in [-0.39, 0.29) is 0 Å². The Morgan fingerprint density at radius 2 is 2.58 bits per heavy atom. The Bertz CT molecular complexity index is 415. The van der Waals surface area contributed by atoms with Crippen molar-refractivity contribution in [2.75, 3.05) is 6.54 Å². The molecule has 0 fully saturated rings. The van der Waals surface area contributed by atoms with Crippen molar-refractivity contribution >= 4 is 16.3 Å². The first kappa shape index (κ1) is 6.62. The van der Waals surface area contributed by atoms with Gasteiger partial charge in [0.15, 0.2) is 4.96 Å². The summed E-state index contributed by atoms with van der Waals surface area (Å²) >= 11 is 1.80. The quantitative estimate of drug-likeness (QED) is 0.654. The largest absolute Gasteiger partial charge is 0.311 e. The molecule has 3 nitrogen and oxygen atoms in total. The number of nitrogens with one attached hydrogen (secondary N) is 1. The van der Waals surface area contributed by atoms with Crippen molar-refractivity contribution in [3.05, 3.63) is 23.0 Å². The molecule has 3 heterocycles. The van der Waals surface area contributed by atoms with E-state index in [4.69, 9.17) is 0 Å². The fourth-order valence-corrected chi connectivity index (χ4v) is 2.78. The minimum Gasteiger partial charge on any atom is -0.311 e. The van der Waals surface area contributed by atoms with Crippen LogP contribution in [0.25, 0.3) is 4.96 Å². The van der Waals surface area contributed by atoms with E-state index >= 15 is 0 Å². The summed E-state index contributed by atoms with van der Waals surface area (Å²) in [6, 6.07) is 0. The second-order valence-corrected chi connectivity index (χ2v) is 4.04. The highest BCUT2D eigenvalue weighted by molar-refractivity contribution is 7.17. The third kappa shape index (κ3) is 0.763. The molecule has 0 spiro atoms. The van der Waals surface area contributed by atoms with Crippen LogP contribution < -0.4 is 5.32 Å². The van der Waals surface area contributed by atoms with Crippen LogP contribution in [0.4, 0.5) is 0 Å². The van der Waals surface area contributed by atoms with Crippen LogP contribution in [-0.4, -0.2) is 15.9 Å². The molecule has 0 bridgehead atoms. The van der Waals surface area contributed by atoms with Crippen LogP contribution >= 0.6 is 11.3 Å². The molecule has 0 amide bonds. The maximum Gasteiger partial charge on any atom is 0.194 e. The summed E-state index contributed by atoms with van der Waals surface area (Å²) in [5.74, 6) is 0. The maximum absolute atomic E-state index is 4.28. The van der Waals surface area contributed by atoms with Gasteiger partial charge in [0.1, 0.15) is 0 Å². The Hall–Kier alpha value is -0.870. The van der Waals surface area contributed by atoms with Crippen LogP contribution in [0, 0.1) is 0 Å². The van der Waals surface area contributed by atoms with Gasteiger partial charge in [-0.2, -0.15) is 0 Å². The van der Waals surface area contributed by atoms with Gasteiger partial charge in [-0.3, -0.25) is 4.40 Å². The van der Waals surface area contributed by atoms with Crippen LogP contribution in [0.15, 0.2) is 12.4 Å². The van der Waals surface area contributed by atoms with Crippen molar-refractivity contribution in [2.45, 2.75) is 13.0 Å². The van der Waals surface area contributed by atoms with Crippen LogP contribution in [0.1, 0.15) is 10.6 Å². The van der Waals surface area contributed by atoms with Crippen molar-refractivity contribution in [1.82, 2.24) is 14.7 Å². The summed E-state index contributed by atoms with van der Waals surface area (Å²) in [5, 5.41) is 3.36. The molecule has 1 aliphatic rings. The zero-order valence-electron chi connectivity index (χ0n) is 6.58. The number of hydrogen-bond donors (Lipinski definition) is 1. The van der Waals surface area contributed by atoms with E-state index < -0.39 is 0 Å². The summed E-state index contributed by atoms with van der Waals surface area (Å²) in [5.41, 5.74) is 1.45. The van der Waals surface area contributed by atoms with Gasteiger partial charge in [-0.25, -0.2) is 4.98 Å². The molecule has 12 heavy (non-hydrogen) atoms. The normalized spacial score (nSPS) is 16.7. The van der Waals surface area contributed by atoms with Crippen LogP contribution in [-0.2, 0) is 13.0 Å².